The van der Waals surface area contributed by atoms with Gasteiger partial charge in [-0.2, -0.15) is 0 Å². The third-order valence-corrected chi connectivity index (χ3v) is 5.20. The van der Waals surface area contributed by atoms with Crippen molar-refractivity contribution in [2.24, 2.45) is 0 Å². The van der Waals surface area contributed by atoms with E-state index >= 15 is 0 Å². The van der Waals surface area contributed by atoms with E-state index in [1.165, 1.54) is 0 Å². The van der Waals surface area contributed by atoms with Gasteiger partial charge in [0, 0.05) is 37.8 Å². The highest BCUT2D eigenvalue weighted by Gasteiger charge is 2.22. The van der Waals surface area contributed by atoms with Crippen LogP contribution in [-0.4, -0.2) is 36.5 Å². The van der Waals surface area contributed by atoms with Crippen LogP contribution in [0.1, 0.15) is 12.8 Å². The number of benzene rings is 3. The first-order valence-electron chi connectivity index (χ1n) is 10.4. The zero-order chi connectivity index (χ0) is 20.6. The highest BCUT2D eigenvalue weighted by atomic mass is 16.5. The minimum Gasteiger partial charge on any atom is -0.455 e. The van der Waals surface area contributed by atoms with Crippen molar-refractivity contribution in [1.29, 1.82) is 0 Å². The summed E-state index contributed by atoms with van der Waals surface area (Å²) >= 11 is 0. The van der Waals surface area contributed by atoms with Gasteiger partial charge in [-0.3, -0.25) is 4.79 Å². The Hall–Kier alpha value is -3.31. The Morgan fingerprint density at radius 1 is 0.933 bits per heavy atom. The van der Waals surface area contributed by atoms with Crippen molar-refractivity contribution in [2.75, 3.05) is 30.3 Å². The number of para-hydroxylation sites is 4. The molecule has 1 heterocycles. The van der Waals surface area contributed by atoms with Crippen molar-refractivity contribution in [1.82, 2.24) is 4.90 Å². The molecule has 0 aromatic heterocycles. The second-order valence-electron chi connectivity index (χ2n) is 7.51. The number of amides is 1. The molecule has 1 saturated heterocycles. The van der Waals surface area contributed by atoms with Crippen molar-refractivity contribution in [2.45, 2.75) is 18.9 Å². The summed E-state index contributed by atoms with van der Waals surface area (Å²) in [5.41, 5.74) is 1.84. The molecule has 2 N–H and O–H groups in total. The van der Waals surface area contributed by atoms with E-state index in [2.05, 4.69) is 27.7 Å². The summed E-state index contributed by atoms with van der Waals surface area (Å²) in [5, 5.41) is 6.57. The standard InChI is InChI=1S/C25H27N3O2/c29-25(16-18-28-17-15-21(19-28)26-20-9-3-1-4-10-20)27-23-13-7-8-14-24(23)30-22-11-5-2-6-12-22/h1-14,21,26H,15-19H2,(H,27,29). The molecule has 1 aliphatic heterocycles. The minimum atomic E-state index is -0.00131. The molecule has 0 radical (unpaired) electrons. The zero-order valence-corrected chi connectivity index (χ0v) is 17.0. The predicted molar refractivity (Wildman–Crippen MR) is 121 cm³/mol. The summed E-state index contributed by atoms with van der Waals surface area (Å²) in [7, 11) is 0. The maximum atomic E-state index is 12.5. The van der Waals surface area contributed by atoms with Crippen molar-refractivity contribution >= 4 is 17.3 Å². The van der Waals surface area contributed by atoms with Crippen LogP contribution in [0.25, 0.3) is 0 Å². The SMILES string of the molecule is O=C(CCN1CCC(Nc2ccccc2)C1)Nc1ccccc1Oc1ccccc1. The number of anilines is 2. The number of nitrogens with one attached hydrogen (secondary N) is 2. The largest absolute Gasteiger partial charge is 0.455 e. The molecule has 1 amide bonds. The Labute approximate surface area is 177 Å². The molecule has 4 rings (SSSR count). The molecule has 0 spiro atoms. The van der Waals surface area contributed by atoms with Gasteiger partial charge in [-0.15, -0.1) is 0 Å². The van der Waals surface area contributed by atoms with Crippen LogP contribution in [0.4, 0.5) is 11.4 Å². The van der Waals surface area contributed by atoms with Crippen LogP contribution in [0.3, 0.4) is 0 Å². The summed E-state index contributed by atoms with van der Waals surface area (Å²) in [6.45, 7) is 2.71. The maximum Gasteiger partial charge on any atom is 0.225 e. The molecule has 3 aromatic rings. The Balaban J connectivity index is 1.26. The molecule has 1 unspecified atom stereocenters. The van der Waals surface area contributed by atoms with E-state index in [1.54, 1.807) is 0 Å². The van der Waals surface area contributed by atoms with Gasteiger partial charge >= 0.3 is 0 Å². The lowest BCUT2D eigenvalue weighted by Crippen LogP contribution is -2.29. The first-order valence-corrected chi connectivity index (χ1v) is 10.4. The summed E-state index contributed by atoms with van der Waals surface area (Å²) < 4.78 is 5.93. The van der Waals surface area contributed by atoms with E-state index in [0.717, 1.165) is 37.5 Å². The van der Waals surface area contributed by atoms with E-state index in [1.807, 2.05) is 72.8 Å². The number of nitrogens with zero attached hydrogens (tertiary/aromatic N) is 1. The number of carbonyl (C=O) groups excluding carboxylic acids is 1. The third kappa shape index (κ3) is 5.61. The number of ether oxygens (including phenoxy) is 1. The third-order valence-electron chi connectivity index (χ3n) is 5.20. The molecule has 0 bridgehead atoms. The molecular formula is C25H27N3O2. The predicted octanol–water partition coefficient (Wildman–Crippen LogP) is 4.99. The van der Waals surface area contributed by atoms with Crippen LogP contribution in [0.5, 0.6) is 11.5 Å². The van der Waals surface area contributed by atoms with Gasteiger partial charge in [-0.1, -0.05) is 48.5 Å². The van der Waals surface area contributed by atoms with Gasteiger partial charge in [0.2, 0.25) is 5.91 Å². The summed E-state index contributed by atoms with van der Waals surface area (Å²) in [6.07, 6.45) is 1.54. The van der Waals surface area contributed by atoms with E-state index in [4.69, 9.17) is 4.74 Å². The number of carbonyl (C=O) groups is 1. The highest BCUT2D eigenvalue weighted by Crippen LogP contribution is 2.29. The Morgan fingerprint density at radius 2 is 1.63 bits per heavy atom. The maximum absolute atomic E-state index is 12.5. The van der Waals surface area contributed by atoms with Crippen LogP contribution in [0.15, 0.2) is 84.9 Å². The fraction of sp³-hybridized carbons (Fsp3) is 0.240. The van der Waals surface area contributed by atoms with Gasteiger partial charge in [0.1, 0.15) is 5.75 Å². The fourth-order valence-corrected chi connectivity index (χ4v) is 3.67. The van der Waals surface area contributed by atoms with E-state index < -0.39 is 0 Å². The van der Waals surface area contributed by atoms with Gasteiger partial charge < -0.3 is 20.3 Å². The van der Waals surface area contributed by atoms with E-state index in [9.17, 15) is 4.79 Å². The average Bonchev–Trinajstić information content (AvgIpc) is 3.22. The van der Waals surface area contributed by atoms with Crippen molar-refractivity contribution in [3.05, 3.63) is 84.9 Å². The van der Waals surface area contributed by atoms with Crippen molar-refractivity contribution < 1.29 is 9.53 Å². The molecule has 5 nitrogen and oxygen atoms in total. The van der Waals surface area contributed by atoms with Crippen LogP contribution in [0.2, 0.25) is 0 Å². The first kappa shape index (κ1) is 20.0. The van der Waals surface area contributed by atoms with E-state index in [-0.39, 0.29) is 5.91 Å². The number of hydrogen-bond donors (Lipinski definition) is 2. The van der Waals surface area contributed by atoms with Crippen molar-refractivity contribution in [3.63, 3.8) is 0 Å². The second kappa shape index (κ2) is 9.94. The number of rotatable bonds is 8. The molecule has 3 aromatic carbocycles. The smallest absolute Gasteiger partial charge is 0.225 e. The molecule has 1 aliphatic rings. The summed E-state index contributed by atoms with van der Waals surface area (Å²) in [5.74, 6) is 1.39. The molecule has 154 valence electrons. The van der Waals surface area contributed by atoms with Gasteiger partial charge in [-0.05, 0) is 42.8 Å². The Bertz CT molecular complexity index is 947. The fourth-order valence-electron chi connectivity index (χ4n) is 3.67. The van der Waals surface area contributed by atoms with Gasteiger partial charge in [0.05, 0.1) is 5.69 Å². The Kier molecular flexibility index (Phi) is 6.62. The zero-order valence-electron chi connectivity index (χ0n) is 17.0. The van der Waals surface area contributed by atoms with Gasteiger partial charge in [0.15, 0.2) is 5.75 Å². The lowest BCUT2D eigenvalue weighted by Gasteiger charge is -2.17. The second-order valence-corrected chi connectivity index (χ2v) is 7.51. The van der Waals surface area contributed by atoms with Crippen LogP contribution >= 0.6 is 0 Å². The lowest BCUT2D eigenvalue weighted by atomic mass is 10.2. The van der Waals surface area contributed by atoms with E-state index in [0.29, 0.717) is 23.9 Å². The van der Waals surface area contributed by atoms with Gasteiger partial charge in [-0.25, -0.2) is 0 Å². The van der Waals surface area contributed by atoms with Crippen molar-refractivity contribution in [3.8, 4) is 11.5 Å². The molecule has 0 saturated carbocycles. The molecule has 5 heteroatoms. The lowest BCUT2D eigenvalue weighted by molar-refractivity contribution is -0.116. The molecule has 30 heavy (non-hydrogen) atoms. The minimum absolute atomic E-state index is 0.00131. The first-order chi connectivity index (χ1) is 14.8. The molecule has 1 atom stereocenters. The number of likely N-dealkylation sites (tertiary alicyclic amines) is 1. The number of hydrogen-bond acceptors (Lipinski definition) is 4. The quantitative estimate of drug-likeness (QED) is 0.558. The summed E-state index contributed by atoms with van der Waals surface area (Å²) in [6, 6.07) is 27.8. The summed E-state index contributed by atoms with van der Waals surface area (Å²) in [4.78, 5) is 14.9. The normalized spacial score (nSPS) is 16.2. The van der Waals surface area contributed by atoms with Crippen LogP contribution in [-0.2, 0) is 4.79 Å². The topological polar surface area (TPSA) is 53.6 Å². The average molecular weight is 402 g/mol. The van der Waals surface area contributed by atoms with Crippen LogP contribution in [0, 0.1) is 0 Å². The monoisotopic (exact) mass is 401 g/mol. The highest BCUT2D eigenvalue weighted by molar-refractivity contribution is 5.92. The van der Waals surface area contributed by atoms with Crippen LogP contribution < -0.4 is 15.4 Å². The van der Waals surface area contributed by atoms with Gasteiger partial charge in [0.25, 0.3) is 0 Å². The molecule has 0 aliphatic carbocycles. The Morgan fingerprint density at radius 3 is 2.43 bits per heavy atom. The molecule has 1 fully saturated rings. The molecular weight excluding hydrogens is 374 g/mol.